The summed E-state index contributed by atoms with van der Waals surface area (Å²) < 4.78 is 26.0. The van der Waals surface area contributed by atoms with Crippen molar-refractivity contribution in [2.24, 2.45) is 0 Å². The molecule has 2 amide bonds. The molecule has 0 atom stereocenters. The summed E-state index contributed by atoms with van der Waals surface area (Å²) in [5.74, 6) is -1.03. The van der Waals surface area contributed by atoms with Crippen LogP contribution in [0, 0.1) is 0 Å². The Hall–Kier alpha value is -3.27. The zero-order valence-electron chi connectivity index (χ0n) is 16.4. The number of nitrogens with zero attached hydrogens (tertiary/aromatic N) is 2. The fraction of sp³-hybridized carbons (Fsp3) is 0.0952. The van der Waals surface area contributed by atoms with Crippen LogP contribution >= 0.6 is 11.6 Å². The summed E-state index contributed by atoms with van der Waals surface area (Å²) >= 11 is 5.85. The Kier molecular flexibility index (Phi) is 7.01. The Morgan fingerprint density at radius 1 is 1.00 bits per heavy atom. The number of carbonyl (C=O) groups excluding carboxylic acids is 2. The minimum absolute atomic E-state index is 0.0203. The number of sulfonamides is 1. The van der Waals surface area contributed by atoms with E-state index in [1.807, 2.05) is 0 Å². The topological polar surface area (TPSA) is 108 Å². The van der Waals surface area contributed by atoms with E-state index in [1.165, 1.54) is 31.6 Å². The third-order valence-corrected chi connectivity index (χ3v) is 6.30. The van der Waals surface area contributed by atoms with Crippen molar-refractivity contribution >= 4 is 44.8 Å². The molecule has 0 unspecified atom stereocenters. The molecule has 1 heterocycles. The number of likely N-dealkylation sites (N-methyl/N-ethyl adjacent to an activating group) is 1. The lowest BCUT2D eigenvalue weighted by molar-refractivity contribution is -0.116. The van der Waals surface area contributed by atoms with E-state index >= 15 is 0 Å². The number of carbonyl (C=O) groups is 2. The number of anilines is 2. The van der Waals surface area contributed by atoms with E-state index in [0.29, 0.717) is 10.7 Å². The first-order valence-corrected chi connectivity index (χ1v) is 10.9. The summed E-state index contributed by atoms with van der Waals surface area (Å²) in [6.45, 7) is -0.440. The number of hydrogen-bond acceptors (Lipinski definition) is 5. The zero-order chi connectivity index (χ0) is 22.4. The highest BCUT2D eigenvalue weighted by atomic mass is 35.5. The highest BCUT2D eigenvalue weighted by molar-refractivity contribution is 7.89. The zero-order valence-corrected chi connectivity index (χ0v) is 18.0. The second-order valence-corrected chi connectivity index (χ2v) is 8.99. The number of aromatic nitrogens is 1. The molecule has 0 aliphatic rings. The van der Waals surface area contributed by atoms with Crippen molar-refractivity contribution in [2.45, 2.75) is 4.90 Å². The van der Waals surface area contributed by atoms with Crippen LogP contribution in [0.4, 0.5) is 11.4 Å². The van der Waals surface area contributed by atoms with Crippen LogP contribution in [-0.4, -0.2) is 43.1 Å². The molecule has 0 radical (unpaired) electrons. The van der Waals surface area contributed by atoms with Crippen molar-refractivity contribution in [3.63, 3.8) is 0 Å². The van der Waals surface area contributed by atoms with Gasteiger partial charge in [0.25, 0.3) is 5.91 Å². The van der Waals surface area contributed by atoms with E-state index in [-0.39, 0.29) is 16.1 Å². The molecule has 10 heteroatoms. The molecular weight excluding hydrogens is 440 g/mol. The first kappa shape index (κ1) is 22.4. The van der Waals surface area contributed by atoms with Gasteiger partial charge in [0.05, 0.1) is 17.8 Å². The van der Waals surface area contributed by atoms with Gasteiger partial charge < -0.3 is 10.6 Å². The normalized spacial score (nSPS) is 11.2. The first-order chi connectivity index (χ1) is 14.8. The lowest BCUT2D eigenvalue weighted by Crippen LogP contribution is -2.35. The molecule has 0 bridgehead atoms. The quantitative estimate of drug-likeness (QED) is 0.565. The van der Waals surface area contributed by atoms with Crippen molar-refractivity contribution < 1.29 is 18.0 Å². The number of amides is 2. The maximum Gasteiger partial charge on any atom is 0.257 e. The first-order valence-electron chi connectivity index (χ1n) is 9.09. The molecule has 1 aromatic heterocycles. The van der Waals surface area contributed by atoms with E-state index in [4.69, 9.17) is 11.6 Å². The standard InChI is InChI=1S/C21H19ClN4O4S/c1-26(31(29,30)17-5-4-12-23-13-17)14-20(27)25-19-7-3-2-6-18(19)21(28)24-16-10-8-15(22)9-11-16/h2-13H,14H2,1H3,(H,24,28)(H,25,27). The minimum Gasteiger partial charge on any atom is -0.324 e. The van der Waals surface area contributed by atoms with Crippen molar-refractivity contribution in [3.05, 3.63) is 83.6 Å². The van der Waals surface area contributed by atoms with Crippen LogP contribution < -0.4 is 10.6 Å². The molecule has 0 fully saturated rings. The van der Waals surface area contributed by atoms with Crippen molar-refractivity contribution in [3.8, 4) is 0 Å². The van der Waals surface area contributed by atoms with Gasteiger partial charge in [0.15, 0.2) is 0 Å². The second-order valence-electron chi connectivity index (χ2n) is 6.50. The fourth-order valence-electron chi connectivity index (χ4n) is 2.68. The molecule has 2 N–H and O–H groups in total. The summed E-state index contributed by atoms with van der Waals surface area (Å²) in [5, 5.41) is 5.86. The van der Waals surface area contributed by atoms with Crippen molar-refractivity contribution in [1.29, 1.82) is 0 Å². The molecule has 0 spiro atoms. The van der Waals surface area contributed by atoms with Gasteiger partial charge in [-0.25, -0.2) is 8.42 Å². The van der Waals surface area contributed by atoms with Crippen LogP contribution in [0.25, 0.3) is 0 Å². The van der Waals surface area contributed by atoms with Gasteiger partial charge >= 0.3 is 0 Å². The fourth-order valence-corrected chi connectivity index (χ4v) is 3.90. The van der Waals surface area contributed by atoms with Crippen molar-refractivity contribution in [2.75, 3.05) is 24.2 Å². The lowest BCUT2D eigenvalue weighted by Gasteiger charge is -2.17. The Bertz CT molecular complexity index is 1190. The third kappa shape index (κ3) is 5.66. The summed E-state index contributed by atoms with van der Waals surface area (Å²) in [6.07, 6.45) is 2.66. The van der Waals surface area contributed by atoms with E-state index in [9.17, 15) is 18.0 Å². The maximum absolute atomic E-state index is 12.7. The van der Waals surface area contributed by atoms with Gasteiger partial charge in [0.2, 0.25) is 15.9 Å². The molecule has 8 nitrogen and oxygen atoms in total. The predicted octanol–water partition coefficient (Wildman–Crippen LogP) is 3.25. The van der Waals surface area contributed by atoms with Gasteiger partial charge in [-0.05, 0) is 48.5 Å². The summed E-state index contributed by atoms with van der Waals surface area (Å²) in [7, 11) is -2.58. The Morgan fingerprint density at radius 3 is 2.39 bits per heavy atom. The number of para-hydroxylation sites is 1. The molecular formula is C21H19ClN4O4S. The smallest absolute Gasteiger partial charge is 0.257 e. The van der Waals surface area contributed by atoms with Crippen molar-refractivity contribution in [1.82, 2.24) is 9.29 Å². The van der Waals surface area contributed by atoms with E-state index in [2.05, 4.69) is 15.6 Å². The van der Waals surface area contributed by atoms with Crippen LogP contribution in [0.2, 0.25) is 5.02 Å². The predicted molar refractivity (Wildman–Crippen MR) is 119 cm³/mol. The van der Waals surface area contributed by atoms with Crippen LogP contribution in [0.5, 0.6) is 0 Å². The van der Waals surface area contributed by atoms with Gasteiger partial charge in [0, 0.05) is 30.2 Å². The van der Waals surface area contributed by atoms with E-state index < -0.39 is 28.4 Å². The average molecular weight is 459 g/mol. The number of hydrogen-bond donors (Lipinski definition) is 2. The molecule has 160 valence electrons. The highest BCUT2D eigenvalue weighted by Crippen LogP contribution is 2.19. The molecule has 0 aliphatic heterocycles. The van der Waals surface area contributed by atoms with Crippen LogP contribution in [0.1, 0.15) is 10.4 Å². The molecule has 3 aromatic rings. The van der Waals surface area contributed by atoms with Gasteiger partial charge in [-0.2, -0.15) is 4.31 Å². The number of pyridine rings is 1. The van der Waals surface area contributed by atoms with E-state index in [0.717, 1.165) is 4.31 Å². The average Bonchev–Trinajstić information content (AvgIpc) is 2.76. The number of benzene rings is 2. The Labute approximate surface area is 184 Å². The van der Waals surface area contributed by atoms with Crippen LogP contribution in [0.15, 0.2) is 78.0 Å². The van der Waals surface area contributed by atoms with Gasteiger partial charge in [-0.15, -0.1) is 0 Å². The van der Waals surface area contributed by atoms with E-state index in [1.54, 1.807) is 48.5 Å². The van der Waals surface area contributed by atoms with Gasteiger partial charge in [-0.1, -0.05) is 23.7 Å². The molecule has 2 aromatic carbocycles. The summed E-state index contributed by atoms with van der Waals surface area (Å²) in [4.78, 5) is 28.9. The third-order valence-electron chi connectivity index (χ3n) is 4.26. The number of halogens is 1. The molecule has 0 saturated carbocycles. The molecule has 3 rings (SSSR count). The SMILES string of the molecule is CN(CC(=O)Nc1ccccc1C(=O)Nc1ccc(Cl)cc1)S(=O)(=O)c1cccnc1. The summed E-state index contributed by atoms with van der Waals surface area (Å²) in [6, 6.07) is 15.9. The van der Waals surface area contributed by atoms with Gasteiger partial charge in [0.1, 0.15) is 4.90 Å². The largest absolute Gasteiger partial charge is 0.324 e. The Balaban J connectivity index is 1.70. The number of rotatable bonds is 7. The minimum atomic E-state index is -3.88. The monoisotopic (exact) mass is 458 g/mol. The lowest BCUT2D eigenvalue weighted by atomic mass is 10.1. The second kappa shape index (κ2) is 9.69. The molecule has 0 saturated heterocycles. The van der Waals surface area contributed by atoms with Crippen LogP contribution in [-0.2, 0) is 14.8 Å². The Morgan fingerprint density at radius 2 is 1.71 bits per heavy atom. The highest BCUT2D eigenvalue weighted by Gasteiger charge is 2.23. The summed E-state index contributed by atoms with van der Waals surface area (Å²) in [5.41, 5.74) is 1.02. The number of nitrogens with one attached hydrogen (secondary N) is 2. The molecule has 31 heavy (non-hydrogen) atoms. The maximum atomic E-state index is 12.7. The molecule has 0 aliphatic carbocycles. The van der Waals surface area contributed by atoms with Gasteiger partial charge in [-0.3, -0.25) is 14.6 Å². The van der Waals surface area contributed by atoms with Crippen LogP contribution in [0.3, 0.4) is 0 Å².